The number of carbonyl (C=O) groups is 1. The first-order chi connectivity index (χ1) is 11.8. The molecule has 24 heavy (non-hydrogen) atoms. The van der Waals surface area contributed by atoms with Gasteiger partial charge in [0.15, 0.2) is 0 Å². The molecule has 0 aromatic heterocycles. The lowest BCUT2D eigenvalue weighted by molar-refractivity contribution is -0.127. The molecule has 0 saturated carbocycles. The third kappa shape index (κ3) is 2.24. The SMILES string of the molecule is O=C(NC1CN2CCC1CC2)C1CSC23C=CC=CC2=NCCC13. The number of amides is 1. The van der Waals surface area contributed by atoms with Crippen molar-refractivity contribution in [3.63, 3.8) is 0 Å². The molecule has 6 aliphatic rings. The predicted molar refractivity (Wildman–Crippen MR) is 98.5 cm³/mol. The van der Waals surface area contributed by atoms with Crippen molar-refractivity contribution in [1.29, 1.82) is 0 Å². The van der Waals surface area contributed by atoms with Gasteiger partial charge < -0.3 is 10.2 Å². The summed E-state index contributed by atoms with van der Waals surface area (Å²) in [6.07, 6.45) is 12.2. The minimum atomic E-state index is -0.0376. The van der Waals surface area contributed by atoms with Gasteiger partial charge in [-0.2, -0.15) is 0 Å². The highest BCUT2D eigenvalue weighted by molar-refractivity contribution is 8.02. The lowest BCUT2D eigenvalue weighted by Crippen LogP contribution is -2.58. The molecular formula is C19H25N3OS. The number of hydrogen-bond donors (Lipinski definition) is 1. The quantitative estimate of drug-likeness (QED) is 0.833. The van der Waals surface area contributed by atoms with Crippen molar-refractivity contribution in [1.82, 2.24) is 10.2 Å². The van der Waals surface area contributed by atoms with Crippen LogP contribution in [0.25, 0.3) is 0 Å². The van der Waals surface area contributed by atoms with Crippen molar-refractivity contribution in [2.45, 2.75) is 30.1 Å². The maximum absolute atomic E-state index is 13.1. The molecule has 1 aliphatic carbocycles. The zero-order valence-electron chi connectivity index (χ0n) is 14.0. The van der Waals surface area contributed by atoms with Crippen LogP contribution in [-0.2, 0) is 4.79 Å². The van der Waals surface area contributed by atoms with Crippen LogP contribution in [0.5, 0.6) is 0 Å². The Bertz CT molecular complexity index is 635. The molecule has 1 spiro atoms. The van der Waals surface area contributed by atoms with Crippen LogP contribution in [0.1, 0.15) is 19.3 Å². The minimum Gasteiger partial charge on any atom is -0.352 e. The number of thioether (sulfide) groups is 1. The van der Waals surface area contributed by atoms with Crippen LogP contribution in [0.3, 0.4) is 0 Å². The number of nitrogens with zero attached hydrogens (tertiary/aromatic N) is 2. The topological polar surface area (TPSA) is 44.7 Å². The Morgan fingerprint density at radius 2 is 2.17 bits per heavy atom. The monoisotopic (exact) mass is 343 g/mol. The van der Waals surface area contributed by atoms with E-state index in [1.165, 1.54) is 31.6 Å². The molecule has 0 radical (unpaired) electrons. The van der Waals surface area contributed by atoms with Gasteiger partial charge in [-0.05, 0) is 50.3 Å². The van der Waals surface area contributed by atoms with E-state index in [-0.39, 0.29) is 10.7 Å². The van der Waals surface area contributed by atoms with Crippen molar-refractivity contribution < 1.29 is 4.79 Å². The van der Waals surface area contributed by atoms with Gasteiger partial charge in [-0.25, -0.2) is 0 Å². The summed E-state index contributed by atoms with van der Waals surface area (Å²) in [4.78, 5) is 20.3. The average molecular weight is 343 g/mol. The number of fused-ring (bicyclic) bond motifs is 3. The van der Waals surface area contributed by atoms with Gasteiger partial charge in [0, 0.05) is 24.9 Å². The second-order valence-corrected chi connectivity index (χ2v) is 9.14. The molecule has 4 fully saturated rings. The molecule has 128 valence electrons. The molecule has 6 rings (SSSR count). The molecule has 1 N–H and O–H groups in total. The smallest absolute Gasteiger partial charge is 0.224 e. The van der Waals surface area contributed by atoms with E-state index in [0.29, 0.717) is 23.8 Å². The van der Waals surface area contributed by atoms with Crippen molar-refractivity contribution in [3.8, 4) is 0 Å². The van der Waals surface area contributed by atoms with E-state index in [1.54, 1.807) is 0 Å². The second-order valence-electron chi connectivity index (χ2n) is 7.84. The van der Waals surface area contributed by atoms with Gasteiger partial charge in [0.25, 0.3) is 0 Å². The van der Waals surface area contributed by atoms with E-state index in [9.17, 15) is 4.79 Å². The predicted octanol–water partition coefficient (Wildman–Crippen LogP) is 1.89. The summed E-state index contributed by atoms with van der Waals surface area (Å²) >= 11 is 1.93. The minimum absolute atomic E-state index is 0.0376. The van der Waals surface area contributed by atoms with Crippen LogP contribution in [0.4, 0.5) is 0 Å². The van der Waals surface area contributed by atoms with E-state index < -0.39 is 0 Å². The third-order valence-corrected chi connectivity index (χ3v) is 8.34. The molecule has 2 bridgehead atoms. The molecule has 5 heteroatoms. The Kier molecular flexibility index (Phi) is 3.63. The summed E-state index contributed by atoms with van der Waals surface area (Å²) in [5.74, 6) is 2.45. The number of rotatable bonds is 2. The first-order valence-corrected chi connectivity index (χ1v) is 10.3. The first-order valence-electron chi connectivity index (χ1n) is 9.34. The molecular weight excluding hydrogens is 318 g/mol. The highest BCUT2D eigenvalue weighted by Gasteiger charge is 2.54. The van der Waals surface area contributed by atoms with E-state index in [4.69, 9.17) is 4.99 Å². The maximum atomic E-state index is 13.1. The summed E-state index contributed by atoms with van der Waals surface area (Å²) in [6.45, 7) is 4.36. The number of carbonyl (C=O) groups excluding carboxylic acids is 1. The Morgan fingerprint density at radius 3 is 2.96 bits per heavy atom. The molecule has 5 aliphatic heterocycles. The number of aliphatic imine (C=N–C) groups is 1. The van der Waals surface area contributed by atoms with Crippen LogP contribution < -0.4 is 5.32 Å². The standard InChI is InChI=1S/C19H25N3OS/c23-18(21-16-11-22-9-5-13(16)6-10-22)14-12-24-19-7-2-1-3-17(19)20-8-4-15(14)19/h1-3,7,13-16H,4-6,8-12H2,(H,21,23). The van der Waals surface area contributed by atoms with Crippen molar-refractivity contribution in [3.05, 3.63) is 24.3 Å². The Balaban J connectivity index is 1.33. The van der Waals surface area contributed by atoms with Gasteiger partial charge in [0.1, 0.15) is 0 Å². The van der Waals surface area contributed by atoms with E-state index in [1.807, 2.05) is 11.8 Å². The Labute approximate surface area is 147 Å². The van der Waals surface area contributed by atoms with E-state index >= 15 is 0 Å². The van der Waals surface area contributed by atoms with Crippen LogP contribution in [0.15, 0.2) is 29.3 Å². The summed E-state index contributed by atoms with van der Waals surface area (Å²) in [6, 6.07) is 0.375. The van der Waals surface area contributed by atoms with Gasteiger partial charge in [-0.15, -0.1) is 11.8 Å². The van der Waals surface area contributed by atoms with Gasteiger partial charge in [0.2, 0.25) is 5.91 Å². The van der Waals surface area contributed by atoms with Crippen LogP contribution in [-0.4, -0.2) is 59.2 Å². The molecule has 0 aromatic rings. The molecule has 4 saturated heterocycles. The zero-order valence-corrected chi connectivity index (χ0v) is 14.8. The number of hydrogen-bond acceptors (Lipinski definition) is 4. The van der Waals surface area contributed by atoms with E-state index in [0.717, 1.165) is 25.3 Å². The molecule has 4 unspecified atom stereocenters. The lowest BCUT2D eigenvalue weighted by atomic mass is 9.73. The zero-order chi connectivity index (χ0) is 16.1. The number of allylic oxidation sites excluding steroid dienone is 3. The normalized spacial score (nSPS) is 45.5. The lowest BCUT2D eigenvalue weighted by Gasteiger charge is -2.45. The van der Waals surface area contributed by atoms with Crippen molar-refractivity contribution in [2.75, 3.05) is 31.9 Å². The second kappa shape index (κ2) is 5.73. The number of piperidine rings is 3. The maximum Gasteiger partial charge on any atom is 0.224 e. The van der Waals surface area contributed by atoms with E-state index in [2.05, 4.69) is 34.5 Å². The Morgan fingerprint density at radius 1 is 1.29 bits per heavy atom. The van der Waals surface area contributed by atoms with Crippen molar-refractivity contribution in [2.24, 2.45) is 22.7 Å². The van der Waals surface area contributed by atoms with Crippen LogP contribution in [0, 0.1) is 17.8 Å². The molecule has 5 heterocycles. The fourth-order valence-corrected chi connectivity index (χ4v) is 7.13. The largest absolute Gasteiger partial charge is 0.352 e. The summed E-state index contributed by atoms with van der Waals surface area (Å²) in [5, 5.41) is 3.44. The highest BCUT2D eigenvalue weighted by Crippen LogP contribution is 2.52. The van der Waals surface area contributed by atoms with Crippen molar-refractivity contribution >= 4 is 23.4 Å². The third-order valence-electron chi connectivity index (χ3n) is 6.69. The average Bonchev–Trinajstić information content (AvgIpc) is 3.01. The molecule has 4 atom stereocenters. The molecule has 0 aromatic carbocycles. The first kappa shape index (κ1) is 15.2. The molecule has 4 nitrogen and oxygen atoms in total. The Hall–Kier alpha value is -1.07. The fourth-order valence-electron chi connectivity index (χ4n) is 5.34. The van der Waals surface area contributed by atoms with Crippen LogP contribution in [0.2, 0.25) is 0 Å². The van der Waals surface area contributed by atoms with Gasteiger partial charge in [0.05, 0.1) is 16.4 Å². The van der Waals surface area contributed by atoms with Gasteiger partial charge in [-0.3, -0.25) is 9.79 Å². The fraction of sp³-hybridized carbons (Fsp3) is 0.684. The summed E-state index contributed by atoms with van der Waals surface area (Å²) in [7, 11) is 0. The summed E-state index contributed by atoms with van der Waals surface area (Å²) in [5.41, 5.74) is 1.18. The highest BCUT2D eigenvalue weighted by atomic mass is 32.2. The van der Waals surface area contributed by atoms with Gasteiger partial charge >= 0.3 is 0 Å². The van der Waals surface area contributed by atoms with Crippen LogP contribution >= 0.6 is 11.8 Å². The number of nitrogens with one attached hydrogen (secondary N) is 1. The van der Waals surface area contributed by atoms with Gasteiger partial charge in [-0.1, -0.05) is 18.2 Å². The summed E-state index contributed by atoms with van der Waals surface area (Å²) < 4.78 is -0.0376. The molecule has 1 amide bonds.